The molecule has 5 aromatic rings. The van der Waals surface area contributed by atoms with E-state index in [1.807, 2.05) is 56.1 Å². The molecule has 6 nitrogen and oxygen atoms in total. The molecule has 0 spiro atoms. The van der Waals surface area contributed by atoms with E-state index in [0.29, 0.717) is 0 Å². The highest BCUT2D eigenvalue weighted by Gasteiger charge is 2.10. The third-order valence-electron chi connectivity index (χ3n) is 4.42. The van der Waals surface area contributed by atoms with E-state index in [4.69, 9.17) is 4.42 Å². The largest absolute Gasteiger partial charge is 0.472 e. The molecule has 6 heteroatoms. The summed E-state index contributed by atoms with van der Waals surface area (Å²) in [6, 6.07) is 10.0. The smallest absolute Gasteiger partial charge is 0.137 e. The minimum atomic E-state index is 0.870. The van der Waals surface area contributed by atoms with E-state index in [2.05, 4.69) is 31.7 Å². The summed E-state index contributed by atoms with van der Waals surface area (Å²) >= 11 is 0. The van der Waals surface area contributed by atoms with Crippen LogP contribution in [0.25, 0.3) is 39.3 Å². The number of aromatic nitrogens is 5. The van der Waals surface area contributed by atoms with Crippen LogP contribution < -0.4 is 0 Å². The Hall–Kier alpha value is -3.67. The van der Waals surface area contributed by atoms with Crippen molar-refractivity contribution in [3.05, 3.63) is 73.8 Å². The Labute approximate surface area is 149 Å². The Morgan fingerprint density at radius 3 is 2.65 bits per heavy atom. The zero-order valence-electron chi connectivity index (χ0n) is 14.1. The van der Waals surface area contributed by atoms with Gasteiger partial charge in [0.05, 0.1) is 36.3 Å². The second kappa shape index (κ2) is 5.70. The highest BCUT2D eigenvalue weighted by Crippen LogP contribution is 2.27. The second-order valence-electron chi connectivity index (χ2n) is 6.13. The molecule has 126 valence electrons. The molecule has 0 saturated carbocycles. The Kier molecular flexibility index (Phi) is 3.21. The minimum absolute atomic E-state index is 0.870. The van der Waals surface area contributed by atoms with E-state index in [-0.39, 0.29) is 0 Å². The lowest BCUT2D eigenvalue weighted by Gasteiger charge is -2.06. The Bertz CT molecular complexity index is 1200. The fourth-order valence-electron chi connectivity index (χ4n) is 3.09. The first-order valence-electron chi connectivity index (χ1n) is 8.23. The predicted molar refractivity (Wildman–Crippen MR) is 98.3 cm³/mol. The van der Waals surface area contributed by atoms with Crippen molar-refractivity contribution < 1.29 is 4.42 Å². The van der Waals surface area contributed by atoms with Crippen LogP contribution in [0.5, 0.6) is 0 Å². The van der Waals surface area contributed by atoms with Crippen molar-refractivity contribution in [1.29, 1.82) is 0 Å². The fourth-order valence-corrected chi connectivity index (χ4v) is 3.09. The molecule has 0 amide bonds. The molecule has 0 fully saturated rings. The summed E-state index contributed by atoms with van der Waals surface area (Å²) in [5.74, 6) is 0. The summed E-state index contributed by atoms with van der Waals surface area (Å²) in [5, 5.41) is 4.26. The van der Waals surface area contributed by atoms with Gasteiger partial charge in [0.25, 0.3) is 0 Å². The van der Waals surface area contributed by atoms with Crippen LogP contribution in [0, 0.1) is 0 Å². The van der Waals surface area contributed by atoms with Gasteiger partial charge in [-0.05, 0) is 30.3 Å². The Morgan fingerprint density at radius 1 is 0.885 bits per heavy atom. The number of hydrogen-bond acceptors (Lipinski definition) is 4. The minimum Gasteiger partial charge on any atom is -0.472 e. The van der Waals surface area contributed by atoms with E-state index in [9.17, 15) is 0 Å². The van der Waals surface area contributed by atoms with Gasteiger partial charge < -0.3 is 4.42 Å². The molecule has 5 aromatic heterocycles. The van der Waals surface area contributed by atoms with Crippen molar-refractivity contribution in [2.45, 2.75) is 0 Å². The molecule has 5 heterocycles. The van der Waals surface area contributed by atoms with Crippen LogP contribution in [0.4, 0.5) is 0 Å². The van der Waals surface area contributed by atoms with E-state index in [0.717, 1.165) is 39.3 Å². The van der Waals surface area contributed by atoms with Gasteiger partial charge >= 0.3 is 0 Å². The number of fused-ring (bicyclic) bond motifs is 1. The monoisotopic (exact) mass is 341 g/mol. The first-order valence-corrected chi connectivity index (χ1v) is 8.23. The summed E-state index contributed by atoms with van der Waals surface area (Å²) in [5.41, 5.74) is 6.95. The van der Waals surface area contributed by atoms with Gasteiger partial charge in [-0.1, -0.05) is 0 Å². The Balaban J connectivity index is 1.64. The zero-order chi connectivity index (χ0) is 17.5. The standard InChI is InChI=1S/C20H15N5O/c1-24-11-17(9-23-24)15-2-3-20-22-10-19(25(20)12-15)14-4-6-21-18(8-14)16-5-7-26-13-16/h2-13H,1H3. The van der Waals surface area contributed by atoms with Crippen LogP contribution in [0.15, 0.2) is 78.3 Å². The summed E-state index contributed by atoms with van der Waals surface area (Å²) < 4.78 is 9.07. The molecule has 0 unspecified atom stereocenters. The lowest BCUT2D eigenvalue weighted by atomic mass is 10.1. The normalized spacial score (nSPS) is 11.3. The van der Waals surface area contributed by atoms with E-state index < -0.39 is 0 Å². The van der Waals surface area contributed by atoms with Crippen LogP contribution in [0.2, 0.25) is 0 Å². The molecule has 0 aromatic carbocycles. The summed E-state index contributed by atoms with van der Waals surface area (Å²) in [4.78, 5) is 8.97. The van der Waals surface area contributed by atoms with Crippen molar-refractivity contribution in [3.8, 4) is 33.6 Å². The van der Waals surface area contributed by atoms with E-state index >= 15 is 0 Å². The van der Waals surface area contributed by atoms with Crippen LogP contribution in [0.1, 0.15) is 0 Å². The summed E-state index contributed by atoms with van der Waals surface area (Å²) in [6.07, 6.45) is 13.0. The van der Waals surface area contributed by atoms with Crippen LogP contribution in [-0.2, 0) is 7.05 Å². The number of aryl methyl sites for hydroxylation is 1. The second-order valence-corrected chi connectivity index (χ2v) is 6.13. The van der Waals surface area contributed by atoms with Gasteiger partial charge in [0, 0.05) is 47.9 Å². The topological polar surface area (TPSA) is 61.2 Å². The van der Waals surface area contributed by atoms with Gasteiger partial charge in [0.2, 0.25) is 0 Å². The number of pyridine rings is 2. The molecular weight excluding hydrogens is 326 g/mol. The number of rotatable bonds is 3. The van der Waals surface area contributed by atoms with Crippen molar-refractivity contribution in [2.75, 3.05) is 0 Å². The molecule has 5 rings (SSSR count). The lowest BCUT2D eigenvalue weighted by Crippen LogP contribution is -1.91. The molecule has 0 N–H and O–H groups in total. The first-order chi connectivity index (χ1) is 12.8. The van der Waals surface area contributed by atoms with Crippen LogP contribution >= 0.6 is 0 Å². The maximum Gasteiger partial charge on any atom is 0.137 e. The third-order valence-corrected chi connectivity index (χ3v) is 4.42. The number of hydrogen-bond donors (Lipinski definition) is 0. The van der Waals surface area contributed by atoms with Crippen LogP contribution in [0.3, 0.4) is 0 Å². The SMILES string of the molecule is Cn1cc(-c2ccc3ncc(-c4ccnc(-c5ccoc5)c4)n3c2)cn1. The quantitative estimate of drug-likeness (QED) is 0.496. The molecule has 0 radical (unpaired) electrons. The molecular formula is C20H15N5O. The average molecular weight is 341 g/mol. The molecule has 0 aliphatic heterocycles. The van der Waals surface area contributed by atoms with Gasteiger partial charge in [0.1, 0.15) is 5.65 Å². The molecule has 0 aliphatic carbocycles. The van der Waals surface area contributed by atoms with Crippen LogP contribution in [-0.4, -0.2) is 24.1 Å². The Morgan fingerprint density at radius 2 is 1.85 bits per heavy atom. The van der Waals surface area contributed by atoms with Gasteiger partial charge in [-0.2, -0.15) is 5.10 Å². The molecule has 0 atom stereocenters. The fraction of sp³-hybridized carbons (Fsp3) is 0.0500. The lowest BCUT2D eigenvalue weighted by molar-refractivity contribution is 0.568. The average Bonchev–Trinajstić information content (AvgIpc) is 3.42. The highest BCUT2D eigenvalue weighted by molar-refractivity contribution is 5.71. The first kappa shape index (κ1) is 14.7. The molecule has 0 aliphatic rings. The van der Waals surface area contributed by atoms with Gasteiger partial charge in [-0.3, -0.25) is 14.1 Å². The van der Waals surface area contributed by atoms with Crippen molar-refractivity contribution in [3.63, 3.8) is 0 Å². The number of imidazole rings is 1. The van der Waals surface area contributed by atoms with Crippen molar-refractivity contribution in [1.82, 2.24) is 24.1 Å². The molecule has 0 saturated heterocycles. The summed E-state index contributed by atoms with van der Waals surface area (Å²) in [7, 11) is 1.92. The van der Waals surface area contributed by atoms with Gasteiger partial charge in [-0.25, -0.2) is 4.98 Å². The maximum absolute atomic E-state index is 5.17. The highest BCUT2D eigenvalue weighted by atomic mass is 16.3. The molecule has 0 bridgehead atoms. The van der Waals surface area contributed by atoms with Gasteiger partial charge in [0.15, 0.2) is 0 Å². The third kappa shape index (κ3) is 2.39. The predicted octanol–water partition coefficient (Wildman–Crippen LogP) is 4.06. The van der Waals surface area contributed by atoms with Crippen molar-refractivity contribution >= 4 is 5.65 Å². The zero-order valence-corrected chi connectivity index (χ0v) is 14.1. The maximum atomic E-state index is 5.17. The summed E-state index contributed by atoms with van der Waals surface area (Å²) in [6.45, 7) is 0. The van der Waals surface area contributed by atoms with E-state index in [1.165, 1.54) is 0 Å². The number of furan rings is 1. The van der Waals surface area contributed by atoms with Crippen molar-refractivity contribution in [2.24, 2.45) is 7.05 Å². The van der Waals surface area contributed by atoms with Gasteiger partial charge in [-0.15, -0.1) is 0 Å². The number of nitrogens with zero attached hydrogens (tertiary/aromatic N) is 5. The molecule has 26 heavy (non-hydrogen) atoms. The van der Waals surface area contributed by atoms with E-state index in [1.54, 1.807) is 17.2 Å².